The van der Waals surface area contributed by atoms with Crippen LogP contribution in [0.2, 0.25) is 0 Å². The van der Waals surface area contributed by atoms with E-state index < -0.39 is 181 Å². The Morgan fingerprint density at radius 2 is 0.866 bits per heavy atom. The number of aromatic hydroxyl groups is 1. The van der Waals surface area contributed by atoms with Gasteiger partial charge in [-0.1, -0.05) is 94.2 Å². The molecule has 1 aromatic rings. The summed E-state index contributed by atoms with van der Waals surface area (Å²) >= 11 is 4.25. The second-order valence-corrected chi connectivity index (χ2v) is 21.7. The Morgan fingerprint density at radius 1 is 0.488 bits per heavy atom. The van der Waals surface area contributed by atoms with Crippen LogP contribution in [0.1, 0.15) is 120 Å². The van der Waals surface area contributed by atoms with Crippen LogP contribution in [0.5, 0.6) is 5.75 Å². The van der Waals surface area contributed by atoms with Gasteiger partial charge in [0.1, 0.15) is 60.1 Å². The van der Waals surface area contributed by atoms with Crippen molar-refractivity contribution in [3.63, 3.8) is 0 Å². The molecule has 0 aliphatic carbocycles. The van der Waals surface area contributed by atoms with Gasteiger partial charge in [0.2, 0.25) is 59.1 Å². The minimum atomic E-state index is -2.03. The maximum absolute atomic E-state index is 14.4. The molecule has 0 aromatic heterocycles. The van der Waals surface area contributed by atoms with E-state index >= 15 is 0 Å². The van der Waals surface area contributed by atoms with E-state index in [9.17, 15) is 82.8 Å². The third kappa shape index (κ3) is 25.1. The molecule has 0 unspecified atom stereocenters. The molecule has 12 atom stereocenters. The van der Waals surface area contributed by atoms with Crippen LogP contribution in [-0.2, 0) is 68.7 Å². The number of amides is 10. The number of carbonyl (C=O) groups excluding carboxylic acids is 10. The van der Waals surface area contributed by atoms with Crippen molar-refractivity contribution in [3.05, 3.63) is 29.8 Å². The first kappa shape index (κ1) is 72.5. The Labute approximate surface area is 482 Å². The second kappa shape index (κ2) is 35.3. The number of nitrogens with two attached hydrogens (primary N) is 2. The van der Waals surface area contributed by atoms with Crippen molar-refractivity contribution in [2.75, 3.05) is 5.75 Å². The number of phenols is 1. The first-order chi connectivity index (χ1) is 38.2. The summed E-state index contributed by atoms with van der Waals surface area (Å²) in [6, 6.07) is -9.84. The summed E-state index contributed by atoms with van der Waals surface area (Å²) in [6.45, 7) is 16.7. The minimum absolute atomic E-state index is 0.0805. The van der Waals surface area contributed by atoms with Crippen molar-refractivity contribution in [2.24, 2.45) is 41.1 Å². The molecule has 28 nitrogen and oxygen atoms in total. The number of carboxylic acid groups (broad SMARTS) is 3. The van der Waals surface area contributed by atoms with Crippen LogP contribution >= 0.6 is 12.6 Å². The van der Waals surface area contributed by atoms with Gasteiger partial charge in [-0.15, -0.1) is 0 Å². The van der Waals surface area contributed by atoms with E-state index in [2.05, 4.69) is 60.5 Å². The Kier molecular flexibility index (Phi) is 31.2. The van der Waals surface area contributed by atoms with Gasteiger partial charge in [0.25, 0.3) is 0 Å². The molecule has 460 valence electrons. The van der Waals surface area contributed by atoms with E-state index in [1.54, 1.807) is 48.5 Å². The summed E-state index contributed by atoms with van der Waals surface area (Å²) in [5.74, 6) is -17.5. The molecule has 0 fully saturated rings. The zero-order chi connectivity index (χ0) is 62.9. The highest BCUT2D eigenvalue weighted by Gasteiger charge is 2.38. The monoisotopic (exact) mass is 1180 g/mol. The number of rotatable bonds is 37. The molecule has 17 N–H and O–H groups in total. The van der Waals surface area contributed by atoms with Gasteiger partial charge in [-0.2, -0.15) is 12.6 Å². The molecular formula is C53H85N11O17S. The molecule has 1 rings (SSSR count). The zero-order valence-corrected chi connectivity index (χ0v) is 48.9. The smallest absolute Gasteiger partial charge is 0.326 e. The van der Waals surface area contributed by atoms with E-state index in [0.717, 1.165) is 0 Å². The van der Waals surface area contributed by atoms with Crippen molar-refractivity contribution in [3.8, 4) is 5.75 Å². The first-order valence-electron chi connectivity index (χ1n) is 27.0. The lowest BCUT2D eigenvalue weighted by Gasteiger charge is -2.30. The van der Waals surface area contributed by atoms with Gasteiger partial charge in [0, 0.05) is 18.6 Å². The standard InChI is InChI=1S/C53H85N11O17S/c1-11-27(9)40(55)49(76)63-42(26(7)8)51(78)64-43(28(10)12-2)52(79)61-36(23-82)48(75)56-31(17-18-37(54)66)44(71)57-32(20-29-13-15-30(65)16-14-29)47(74)62-41(25(5)6)50(77)59-34(22-39(69)70)45(72)58-33(21-38(67)68)46(73)60-35(53(80)81)19-24(3)4/h13-16,24-28,31-36,40-43,65,82H,11-12,17-23,55H2,1-10H3,(H2,54,66)(H,56,75)(H,57,71)(H,58,72)(H,59,77)(H,60,73)(H,61,79)(H,62,74)(H,63,76)(H,64,78)(H,67,68)(H,69,70)(H,80,81)/t27-,28-,31-,32-,33-,34-,35-,36-,40-,41-,42-,43-/m0/s1. The Hall–Kier alpha value is -7.56. The quantitative estimate of drug-likeness (QED) is 0.0330. The predicted octanol–water partition coefficient (Wildman–Crippen LogP) is -1.70. The molecule has 10 amide bonds. The van der Waals surface area contributed by atoms with Gasteiger partial charge >= 0.3 is 17.9 Å². The molecule has 82 heavy (non-hydrogen) atoms. The summed E-state index contributed by atoms with van der Waals surface area (Å²) in [5, 5.41) is 60.6. The molecular weight excluding hydrogens is 1090 g/mol. The van der Waals surface area contributed by atoms with Crippen molar-refractivity contribution < 1.29 is 82.8 Å². The third-order valence-electron chi connectivity index (χ3n) is 13.3. The number of benzene rings is 1. The average Bonchev–Trinajstić information content (AvgIpc) is 3.44. The van der Waals surface area contributed by atoms with Gasteiger partial charge in [0.15, 0.2) is 0 Å². The fourth-order valence-corrected chi connectivity index (χ4v) is 8.19. The number of aliphatic carboxylic acids is 3. The molecule has 0 radical (unpaired) electrons. The van der Waals surface area contributed by atoms with Crippen molar-refractivity contribution in [2.45, 2.75) is 181 Å². The predicted molar refractivity (Wildman–Crippen MR) is 300 cm³/mol. The average molecular weight is 1180 g/mol. The van der Waals surface area contributed by atoms with Gasteiger partial charge < -0.3 is 79.7 Å². The normalized spacial score (nSPS) is 15.6. The highest BCUT2D eigenvalue weighted by atomic mass is 32.1. The summed E-state index contributed by atoms with van der Waals surface area (Å²) in [7, 11) is 0. The molecule has 0 aliphatic rings. The lowest BCUT2D eigenvalue weighted by Crippen LogP contribution is -2.62. The topological polar surface area (TPSA) is 463 Å². The van der Waals surface area contributed by atoms with Crippen LogP contribution < -0.4 is 59.3 Å². The van der Waals surface area contributed by atoms with Gasteiger partial charge in [-0.25, -0.2) is 4.79 Å². The number of thiol groups is 1. The maximum atomic E-state index is 14.4. The zero-order valence-electron chi connectivity index (χ0n) is 48.0. The Balaban J connectivity index is 3.60. The van der Waals surface area contributed by atoms with Crippen LogP contribution in [0.4, 0.5) is 0 Å². The molecule has 0 aliphatic heterocycles. The molecule has 0 saturated heterocycles. The van der Waals surface area contributed by atoms with Gasteiger partial charge in [0.05, 0.1) is 18.9 Å². The third-order valence-corrected chi connectivity index (χ3v) is 13.7. The summed E-state index contributed by atoms with van der Waals surface area (Å²) in [5.41, 5.74) is 11.9. The number of primary amides is 1. The summed E-state index contributed by atoms with van der Waals surface area (Å²) in [6.07, 6.45) is -2.65. The van der Waals surface area contributed by atoms with E-state index in [1.165, 1.54) is 38.1 Å². The lowest BCUT2D eigenvalue weighted by atomic mass is 9.95. The van der Waals surface area contributed by atoms with Gasteiger partial charge in [-0.3, -0.25) is 57.5 Å². The largest absolute Gasteiger partial charge is 0.508 e. The van der Waals surface area contributed by atoms with Crippen LogP contribution in [0.25, 0.3) is 0 Å². The van der Waals surface area contributed by atoms with Crippen LogP contribution in [0, 0.1) is 29.6 Å². The highest BCUT2D eigenvalue weighted by Crippen LogP contribution is 2.16. The number of phenolic OH excluding ortho intramolecular Hbond substituents is 1. The van der Waals surface area contributed by atoms with Crippen LogP contribution in [0.15, 0.2) is 24.3 Å². The van der Waals surface area contributed by atoms with Crippen molar-refractivity contribution in [1.29, 1.82) is 0 Å². The molecule has 0 saturated carbocycles. The Bertz CT molecular complexity index is 2410. The minimum Gasteiger partial charge on any atom is -0.508 e. The molecule has 0 heterocycles. The number of nitrogens with one attached hydrogen (secondary N) is 9. The van der Waals surface area contributed by atoms with Gasteiger partial charge in [-0.05, 0) is 60.1 Å². The number of hydrogen-bond acceptors (Lipinski definition) is 16. The van der Waals surface area contributed by atoms with Crippen molar-refractivity contribution >= 4 is 89.6 Å². The lowest BCUT2D eigenvalue weighted by molar-refractivity contribution is -0.145. The molecule has 29 heteroatoms. The first-order valence-corrected chi connectivity index (χ1v) is 27.6. The highest BCUT2D eigenvalue weighted by molar-refractivity contribution is 7.80. The number of carboxylic acids is 3. The summed E-state index contributed by atoms with van der Waals surface area (Å²) < 4.78 is 0. The van der Waals surface area contributed by atoms with Crippen LogP contribution in [-0.4, -0.2) is 164 Å². The van der Waals surface area contributed by atoms with E-state index in [0.29, 0.717) is 18.4 Å². The van der Waals surface area contributed by atoms with E-state index in [4.69, 9.17) is 11.5 Å². The Morgan fingerprint density at radius 3 is 1.30 bits per heavy atom. The molecule has 1 aromatic carbocycles. The molecule has 0 bridgehead atoms. The SMILES string of the molecule is CC[C@H](C)[C@H](N)C(=O)N[C@H](C(=O)N[C@H](C(=O)N[C@@H](CS)C(=O)N[C@@H](CCC(N)=O)C(=O)N[C@@H](Cc1ccc(O)cc1)C(=O)N[C@H](C(=O)N[C@@H](CC(=O)O)C(=O)N[C@@H](CC(=O)O)C(=O)N[C@@H](CC(C)C)C(=O)O)C(C)C)[C@@H](C)CC)C(C)C. The fraction of sp³-hybridized carbons (Fsp3) is 0.642. The van der Waals surface area contributed by atoms with Crippen LogP contribution in [0.3, 0.4) is 0 Å². The summed E-state index contributed by atoms with van der Waals surface area (Å²) in [4.78, 5) is 172. The van der Waals surface area contributed by atoms with E-state index in [-0.39, 0.29) is 36.2 Å². The number of carbonyl (C=O) groups is 13. The maximum Gasteiger partial charge on any atom is 0.326 e. The fourth-order valence-electron chi connectivity index (χ4n) is 7.93. The van der Waals surface area contributed by atoms with Crippen molar-refractivity contribution in [1.82, 2.24) is 47.9 Å². The van der Waals surface area contributed by atoms with E-state index in [1.807, 2.05) is 6.92 Å². The number of hydrogen-bond donors (Lipinski definition) is 16. The molecule has 0 spiro atoms. The second-order valence-electron chi connectivity index (χ2n) is 21.3.